The summed E-state index contributed by atoms with van der Waals surface area (Å²) in [4.78, 5) is 81.8. The molecule has 0 saturated carbocycles. The van der Waals surface area contributed by atoms with Crippen LogP contribution in [0.15, 0.2) is 130 Å². The summed E-state index contributed by atoms with van der Waals surface area (Å²) < 4.78 is 31.4. The van der Waals surface area contributed by atoms with Gasteiger partial charge in [0.2, 0.25) is 0 Å². The lowest BCUT2D eigenvalue weighted by Gasteiger charge is -2.38. The van der Waals surface area contributed by atoms with Crippen LogP contribution in [-0.2, 0) is 57.5 Å². The Hall–Kier alpha value is -7.40. The van der Waals surface area contributed by atoms with Crippen molar-refractivity contribution in [3.05, 3.63) is 180 Å². The van der Waals surface area contributed by atoms with Crippen molar-refractivity contribution in [2.45, 2.75) is 377 Å². The molecule has 8 unspecified atom stereocenters. The number of carbonyl (C=O) groups is 6. The number of ether oxygens (including phenoxy) is 5. The number of benzene rings is 2. The number of allylic oxidation sites excluding steroid dienone is 20. The normalized spacial score (nSPS) is 21.3. The predicted molar refractivity (Wildman–Crippen MR) is 482 cm³/mol. The SMILES string of the molecule is CC1=C(/C=C/C(C)=C/C=C/C(C)=C/C=C/C=C(C)/C=C/C=C(C)/C=C/C2=C(C)C(=O)C(OC(=O)CC(=O)Oc3c(C)c(C)c4c(c3C)CCC(C)(CCCC(C)CCCC(C)CCCC(C)C)O4)CC2(C)C)C(C)(C)CC(OC(=O)CC(=O)Cc2c(C)c(C)c3c(c2C)CCC(C)(CCCC(C)CCCC(C)CCCC(C)C)O3)C1=O. The summed E-state index contributed by atoms with van der Waals surface area (Å²) in [6.07, 6.45) is 52.0. The smallest absolute Gasteiger partial charge is 0.322 e. The molecule has 116 heavy (non-hydrogen) atoms. The summed E-state index contributed by atoms with van der Waals surface area (Å²) >= 11 is 0. The second kappa shape index (κ2) is 45.1. The van der Waals surface area contributed by atoms with E-state index in [1.54, 1.807) is 13.8 Å². The Balaban J connectivity index is 0.916. The summed E-state index contributed by atoms with van der Waals surface area (Å²) in [5, 5.41) is 0. The van der Waals surface area contributed by atoms with Gasteiger partial charge in [0.05, 0.1) is 0 Å². The maximum atomic E-state index is 13.9. The Morgan fingerprint density at radius 2 is 0.776 bits per heavy atom. The zero-order valence-corrected chi connectivity index (χ0v) is 77.3. The maximum Gasteiger partial charge on any atom is 0.322 e. The van der Waals surface area contributed by atoms with Crippen molar-refractivity contribution >= 4 is 35.3 Å². The van der Waals surface area contributed by atoms with E-state index in [4.69, 9.17) is 23.7 Å². The van der Waals surface area contributed by atoms with Crippen molar-refractivity contribution in [3.8, 4) is 17.2 Å². The highest BCUT2D eigenvalue weighted by Gasteiger charge is 2.43. The van der Waals surface area contributed by atoms with E-state index in [9.17, 15) is 28.8 Å². The number of fused-ring (bicyclic) bond motifs is 2. The number of Topliss-reactive ketones (excluding diaryl/α,β-unsaturated/α-hetero) is 3. The van der Waals surface area contributed by atoms with Crippen LogP contribution in [-0.4, -0.2) is 58.7 Å². The quantitative estimate of drug-likeness (QED) is 0.0270. The van der Waals surface area contributed by atoms with Crippen LogP contribution in [0.2, 0.25) is 0 Å². The molecule has 640 valence electrons. The van der Waals surface area contributed by atoms with Crippen LogP contribution in [0.1, 0.15) is 343 Å². The zero-order chi connectivity index (χ0) is 86.2. The third-order valence-electron chi connectivity index (χ3n) is 25.9. The maximum absolute atomic E-state index is 13.9. The van der Waals surface area contributed by atoms with E-state index in [1.165, 1.54) is 95.5 Å². The van der Waals surface area contributed by atoms with Gasteiger partial charge in [-0.25, -0.2) is 0 Å². The molecule has 11 heteroatoms. The average Bonchev–Trinajstić information content (AvgIpc) is 0.750. The summed E-state index contributed by atoms with van der Waals surface area (Å²) in [7, 11) is 0. The zero-order valence-electron chi connectivity index (χ0n) is 77.3. The number of ketones is 3. The highest BCUT2D eigenvalue weighted by atomic mass is 16.6. The van der Waals surface area contributed by atoms with Crippen molar-refractivity contribution in [3.63, 3.8) is 0 Å². The monoisotopic (exact) mass is 1590 g/mol. The van der Waals surface area contributed by atoms with Gasteiger partial charge in [-0.1, -0.05) is 280 Å². The number of esters is 3. The molecular formula is C105H154O11. The highest BCUT2D eigenvalue weighted by molar-refractivity contribution is 6.04. The van der Waals surface area contributed by atoms with Crippen molar-refractivity contribution in [2.24, 2.45) is 46.3 Å². The van der Waals surface area contributed by atoms with Crippen LogP contribution in [0, 0.1) is 87.9 Å². The van der Waals surface area contributed by atoms with Crippen molar-refractivity contribution in [1.82, 2.24) is 0 Å². The molecule has 4 aliphatic rings. The first-order valence-electron chi connectivity index (χ1n) is 44.8. The minimum Gasteiger partial charge on any atom is -0.487 e. The standard InChI is InChI=1S/C105H154O11/c1-68(2)37-29-41-72(7)45-31-47-74(9)51-35-59-104(25)61-57-87-82(17)89(78(13)79(14)100(87)115-104)63-86(106)64-94(107)112-92-66-102(21,22)90(84(19)97(92)110)55-53-76(11)49-33-43-70(5)39-27-28-40-71(6)44-34-50-77(12)54-56-91-85(20)98(111)93(67-103(91,23)24)113-95(108)65-96(109)114-99-80(15)81(16)101-88(83(99)18)58-62-105(26,116-101)60-36-52-75(10)48-32-46-73(8)42-30-38-69(3)4/h27-28,33-34,39-40,43-44,49-50,53-56,68-69,72-75,92-93H,29-32,35-38,41-42,45-48,51-52,57-67H2,1-26H3/b28-27+,43-33+,44-34+,55-53+,56-54+,70-39+,71-40+,76-49+,77-50+. The predicted octanol–water partition coefficient (Wildman–Crippen LogP) is 27.1. The van der Waals surface area contributed by atoms with E-state index < -0.39 is 53.8 Å². The van der Waals surface area contributed by atoms with Gasteiger partial charge in [-0.05, 0) is 261 Å². The molecule has 0 aromatic heterocycles. The molecule has 11 nitrogen and oxygen atoms in total. The van der Waals surface area contributed by atoms with Gasteiger partial charge >= 0.3 is 17.9 Å². The van der Waals surface area contributed by atoms with E-state index in [0.29, 0.717) is 35.2 Å². The average molecular weight is 1590 g/mol. The molecule has 0 spiro atoms. The summed E-state index contributed by atoms with van der Waals surface area (Å²) in [5.41, 5.74) is 14.4. The van der Waals surface area contributed by atoms with E-state index in [-0.39, 0.29) is 41.4 Å². The van der Waals surface area contributed by atoms with Crippen molar-refractivity contribution in [1.29, 1.82) is 0 Å². The largest absolute Gasteiger partial charge is 0.487 e. The molecule has 2 aromatic rings. The minimum atomic E-state index is -1.02. The van der Waals surface area contributed by atoms with Crippen LogP contribution in [0.25, 0.3) is 0 Å². The van der Waals surface area contributed by atoms with Gasteiger partial charge in [-0.2, -0.15) is 0 Å². The molecular weight excluding hydrogens is 1440 g/mol. The second-order valence-corrected chi connectivity index (χ2v) is 38.9. The molecule has 2 aliphatic heterocycles. The summed E-state index contributed by atoms with van der Waals surface area (Å²) in [5.74, 6) is 3.99. The first-order valence-corrected chi connectivity index (χ1v) is 44.8. The van der Waals surface area contributed by atoms with Crippen LogP contribution in [0.3, 0.4) is 0 Å². The Morgan fingerprint density at radius 3 is 1.18 bits per heavy atom. The lowest BCUT2D eigenvalue weighted by Crippen LogP contribution is -2.39. The molecule has 0 saturated heterocycles. The minimum absolute atomic E-state index is 0.121. The number of rotatable bonds is 43. The Kier molecular flexibility index (Phi) is 37.9. The third kappa shape index (κ3) is 29.8. The summed E-state index contributed by atoms with van der Waals surface area (Å²) in [6, 6.07) is 0. The topological polar surface area (TPSA) is 149 Å². The summed E-state index contributed by atoms with van der Waals surface area (Å²) in [6.45, 7) is 55.4. The molecule has 0 radical (unpaired) electrons. The Morgan fingerprint density at radius 1 is 0.422 bits per heavy atom. The molecule has 0 bridgehead atoms. The molecule has 6 rings (SSSR count). The molecule has 2 heterocycles. The molecule has 2 aromatic carbocycles. The lowest BCUT2D eigenvalue weighted by molar-refractivity contribution is -0.159. The number of hydrogen-bond donors (Lipinski definition) is 0. The third-order valence-corrected chi connectivity index (χ3v) is 25.9. The van der Waals surface area contributed by atoms with Crippen LogP contribution >= 0.6 is 0 Å². The van der Waals surface area contributed by atoms with Gasteiger partial charge in [0.15, 0.2) is 23.8 Å². The second-order valence-electron chi connectivity index (χ2n) is 38.9. The number of carbonyl (C=O) groups excluding carboxylic acids is 6. The van der Waals surface area contributed by atoms with E-state index in [2.05, 4.69) is 104 Å². The highest BCUT2D eigenvalue weighted by Crippen LogP contribution is 2.48. The Bertz CT molecular complexity index is 3870. The lowest BCUT2D eigenvalue weighted by atomic mass is 9.71. The van der Waals surface area contributed by atoms with Gasteiger partial charge in [0.25, 0.3) is 0 Å². The fourth-order valence-electron chi connectivity index (χ4n) is 17.9. The van der Waals surface area contributed by atoms with Crippen molar-refractivity contribution < 1.29 is 52.5 Å². The molecule has 0 N–H and O–H groups in total. The fraction of sp³-hybridized carbons (Fsp3) is 0.619. The van der Waals surface area contributed by atoms with Crippen molar-refractivity contribution in [2.75, 3.05) is 0 Å². The van der Waals surface area contributed by atoms with Crippen LogP contribution in [0.5, 0.6) is 17.2 Å². The van der Waals surface area contributed by atoms with Gasteiger partial charge in [-0.3, -0.25) is 28.8 Å². The molecule has 8 atom stereocenters. The molecule has 2 aliphatic carbocycles. The number of hydrogen-bond acceptors (Lipinski definition) is 11. The van der Waals surface area contributed by atoms with E-state index in [0.717, 1.165) is 164 Å². The molecule has 0 fully saturated rings. The fourth-order valence-corrected chi connectivity index (χ4v) is 17.9. The van der Waals surface area contributed by atoms with Gasteiger partial charge in [-0.15, -0.1) is 0 Å². The first-order chi connectivity index (χ1) is 54.4. The van der Waals surface area contributed by atoms with Gasteiger partial charge < -0.3 is 23.7 Å². The van der Waals surface area contributed by atoms with Gasteiger partial charge in [0, 0.05) is 24.8 Å². The van der Waals surface area contributed by atoms with Crippen LogP contribution in [0.4, 0.5) is 0 Å². The van der Waals surface area contributed by atoms with E-state index in [1.807, 2.05) is 147 Å². The van der Waals surface area contributed by atoms with Crippen LogP contribution < -0.4 is 14.2 Å². The Labute approximate surface area is 703 Å². The molecule has 0 amide bonds. The van der Waals surface area contributed by atoms with Gasteiger partial charge in [0.1, 0.15) is 47.1 Å². The van der Waals surface area contributed by atoms with E-state index >= 15 is 0 Å². The first kappa shape index (κ1) is 97.4.